The van der Waals surface area contributed by atoms with Gasteiger partial charge in [-0.25, -0.2) is 9.59 Å². The summed E-state index contributed by atoms with van der Waals surface area (Å²) < 4.78 is 16.1. The van der Waals surface area contributed by atoms with E-state index in [1.54, 1.807) is 12.1 Å². The first-order valence-electron chi connectivity index (χ1n) is 9.51. The number of rotatable bonds is 11. The van der Waals surface area contributed by atoms with E-state index in [0.29, 0.717) is 31.3 Å². The second-order valence-corrected chi connectivity index (χ2v) is 6.52. The number of amides is 3. The largest absolute Gasteiger partial charge is 0.490 e. The van der Waals surface area contributed by atoms with Crippen LogP contribution in [0.4, 0.5) is 4.79 Å². The van der Waals surface area contributed by atoms with E-state index in [2.05, 4.69) is 17.6 Å². The minimum absolute atomic E-state index is 0.225. The summed E-state index contributed by atoms with van der Waals surface area (Å²) in [7, 11) is 0. The van der Waals surface area contributed by atoms with Gasteiger partial charge >= 0.3 is 12.0 Å². The Morgan fingerprint density at radius 3 is 2.46 bits per heavy atom. The van der Waals surface area contributed by atoms with Crippen LogP contribution >= 0.6 is 0 Å². The lowest BCUT2D eigenvalue weighted by molar-refractivity contribution is -0.123. The molecule has 0 aliphatic carbocycles. The summed E-state index contributed by atoms with van der Waals surface area (Å²) in [5, 5.41) is 4.64. The molecule has 0 saturated heterocycles. The van der Waals surface area contributed by atoms with Gasteiger partial charge < -0.3 is 19.5 Å². The highest BCUT2D eigenvalue weighted by Gasteiger charge is 2.15. The van der Waals surface area contributed by atoms with Gasteiger partial charge in [-0.1, -0.05) is 27.2 Å². The van der Waals surface area contributed by atoms with Crippen LogP contribution in [-0.4, -0.2) is 44.3 Å². The molecule has 156 valence electrons. The van der Waals surface area contributed by atoms with Crippen LogP contribution in [0.25, 0.3) is 0 Å². The van der Waals surface area contributed by atoms with E-state index >= 15 is 0 Å². The molecule has 0 spiro atoms. The van der Waals surface area contributed by atoms with Gasteiger partial charge in [-0.3, -0.25) is 10.1 Å². The van der Waals surface area contributed by atoms with E-state index in [1.165, 1.54) is 6.07 Å². The molecule has 0 aliphatic rings. The quantitative estimate of drug-likeness (QED) is 0.442. The molecule has 8 heteroatoms. The van der Waals surface area contributed by atoms with Gasteiger partial charge in [0.15, 0.2) is 18.1 Å². The predicted octanol–water partition coefficient (Wildman–Crippen LogP) is 2.90. The molecule has 0 aliphatic heterocycles. The Morgan fingerprint density at radius 2 is 1.82 bits per heavy atom. The predicted molar refractivity (Wildman–Crippen MR) is 105 cm³/mol. The molecule has 1 aromatic carbocycles. The molecule has 0 heterocycles. The van der Waals surface area contributed by atoms with Gasteiger partial charge in [0, 0.05) is 6.54 Å². The lowest BCUT2D eigenvalue weighted by atomic mass is 10.2. The molecule has 2 N–H and O–H groups in total. The number of carbonyl (C=O) groups excluding carboxylic acids is 3. The van der Waals surface area contributed by atoms with E-state index < -0.39 is 24.5 Å². The zero-order chi connectivity index (χ0) is 20.9. The topological polar surface area (TPSA) is 103 Å². The summed E-state index contributed by atoms with van der Waals surface area (Å²) in [6.45, 7) is 8.60. The molecule has 1 rings (SSSR count). The van der Waals surface area contributed by atoms with Crippen molar-refractivity contribution < 1.29 is 28.6 Å². The number of urea groups is 1. The average molecular weight is 394 g/mol. The van der Waals surface area contributed by atoms with Gasteiger partial charge in [-0.05, 0) is 37.5 Å². The highest BCUT2D eigenvalue weighted by Crippen LogP contribution is 2.29. The van der Waals surface area contributed by atoms with E-state index in [1.807, 2.05) is 20.8 Å². The Kier molecular flexibility index (Phi) is 10.5. The zero-order valence-corrected chi connectivity index (χ0v) is 17.0. The van der Waals surface area contributed by atoms with Gasteiger partial charge in [-0.2, -0.15) is 0 Å². The van der Waals surface area contributed by atoms with Crippen molar-refractivity contribution in [1.29, 1.82) is 0 Å². The van der Waals surface area contributed by atoms with E-state index in [9.17, 15) is 14.4 Å². The summed E-state index contributed by atoms with van der Waals surface area (Å²) in [5.74, 6) is -0.165. The van der Waals surface area contributed by atoms with E-state index in [4.69, 9.17) is 14.2 Å². The number of nitrogens with one attached hydrogen (secondary N) is 2. The van der Waals surface area contributed by atoms with Crippen molar-refractivity contribution in [2.45, 2.75) is 40.5 Å². The van der Waals surface area contributed by atoms with Crippen LogP contribution < -0.4 is 20.1 Å². The molecule has 0 unspecified atom stereocenters. The Labute approximate surface area is 165 Å². The van der Waals surface area contributed by atoms with Crippen LogP contribution in [0.15, 0.2) is 18.2 Å². The summed E-state index contributed by atoms with van der Waals surface area (Å²) in [4.78, 5) is 35.4. The molecule has 28 heavy (non-hydrogen) atoms. The number of benzene rings is 1. The Hall–Kier alpha value is -2.77. The maximum Gasteiger partial charge on any atom is 0.338 e. The second-order valence-electron chi connectivity index (χ2n) is 6.52. The van der Waals surface area contributed by atoms with Gasteiger partial charge in [0.1, 0.15) is 0 Å². The number of esters is 1. The molecule has 0 saturated carbocycles. The molecule has 0 atom stereocenters. The van der Waals surface area contributed by atoms with Gasteiger partial charge in [0.2, 0.25) is 0 Å². The van der Waals surface area contributed by atoms with Crippen LogP contribution in [0.2, 0.25) is 0 Å². The smallest absolute Gasteiger partial charge is 0.338 e. The molecular weight excluding hydrogens is 364 g/mol. The normalized spacial score (nSPS) is 10.3. The van der Waals surface area contributed by atoms with Crippen molar-refractivity contribution >= 4 is 17.9 Å². The van der Waals surface area contributed by atoms with E-state index in [0.717, 1.165) is 12.8 Å². The van der Waals surface area contributed by atoms with Crippen LogP contribution in [0.5, 0.6) is 11.5 Å². The third-order valence-electron chi connectivity index (χ3n) is 3.49. The fourth-order valence-corrected chi connectivity index (χ4v) is 2.07. The molecule has 3 amide bonds. The van der Waals surface area contributed by atoms with E-state index in [-0.39, 0.29) is 11.5 Å². The first-order valence-corrected chi connectivity index (χ1v) is 9.51. The van der Waals surface area contributed by atoms with Crippen molar-refractivity contribution in [3.63, 3.8) is 0 Å². The number of ether oxygens (including phenoxy) is 3. The zero-order valence-electron chi connectivity index (χ0n) is 17.0. The maximum absolute atomic E-state index is 12.2. The van der Waals surface area contributed by atoms with Crippen molar-refractivity contribution in [3.8, 4) is 11.5 Å². The van der Waals surface area contributed by atoms with Crippen LogP contribution in [-0.2, 0) is 9.53 Å². The summed E-state index contributed by atoms with van der Waals surface area (Å²) in [5.41, 5.74) is 0.225. The Balaban J connectivity index is 2.59. The second kappa shape index (κ2) is 12.6. The van der Waals surface area contributed by atoms with Crippen molar-refractivity contribution in [1.82, 2.24) is 10.6 Å². The SMILES string of the molecule is CCCCOc1ccc(C(=O)OCC(=O)NC(=O)NCC(C)C)cc1OCC. The maximum atomic E-state index is 12.2. The van der Waals surface area contributed by atoms with Gasteiger partial charge in [0.25, 0.3) is 5.91 Å². The summed E-state index contributed by atoms with van der Waals surface area (Å²) in [6, 6.07) is 4.07. The Bertz CT molecular complexity index is 660. The Morgan fingerprint density at radius 1 is 1.07 bits per heavy atom. The lowest BCUT2D eigenvalue weighted by Gasteiger charge is -2.13. The molecule has 8 nitrogen and oxygen atoms in total. The number of hydrogen-bond donors (Lipinski definition) is 2. The minimum atomic E-state index is -0.709. The first-order chi connectivity index (χ1) is 13.4. The first kappa shape index (κ1) is 23.3. The summed E-state index contributed by atoms with van der Waals surface area (Å²) in [6.07, 6.45) is 1.92. The monoisotopic (exact) mass is 394 g/mol. The number of imide groups is 1. The lowest BCUT2D eigenvalue weighted by Crippen LogP contribution is -2.42. The van der Waals surface area contributed by atoms with Crippen LogP contribution in [0.3, 0.4) is 0 Å². The summed E-state index contributed by atoms with van der Waals surface area (Å²) >= 11 is 0. The highest BCUT2D eigenvalue weighted by atomic mass is 16.5. The molecule has 1 aromatic rings. The minimum Gasteiger partial charge on any atom is -0.490 e. The average Bonchev–Trinajstić information content (AvgIpc) is 2.66. The van der Waals surface area contributed by atoms with Gasteiger partial charge in [-0.15, -0.1) is 0 Å². The third-order valence-corrected chi connectivity index (χ3v) is 3.49. The van der Waals surface area contributed by atoms with Gasteiger partial charge in [0.05, 0.1) is 18.8 Å². The van der Waals surface area contributed by atoms with Crippen LogP contribution in [0.1, 0.15) is 50.9 Å². The number of carbonyl (C=O) groups is 3. The standard InChI is InChI=1S/C20H30N2O6/c1-5-7-10-27-16-9-8-15(11-17(16)26-6-2)19(24)28-13-18(23)22-20(25)21-12-14(3)4/h8-9,11,14H,5-7,10,12-13H2,1-4H3,(H2,21,22,23,25). The van der Waals surface area contributed by atoms with Crippen LogP contribution in [0, 0.1) is 5.92 Å². The fourth-order valence-electron chi connectivity index (χ4n) is 2.07. The number of hydrogen-bond acceptors (Lipinski definition) is 6. The molecule has 0 radical (unpaired) electrons. The molecular formula is C20H30N2O6. The fraction of sp³-hybridized carbons (Fsp3) is 0.550. The molecule has 0 aromatic heterocycles. The third kappa shape index (κ3) is 8.75. The molecule has 0 bridgehead atoms. The number of unbranched alkanes of at least 4 members (excludes halogenated alkanes) is 1. The van der Waals surface area contributed by atoms with Crippen molar-refractivity contribution in [2.24, 2.45) is 5.92 Å². The highest BCUT2D eigenvalue weighted by molar-refractivity contribution is 5.97. The van der Waals surface area contributed by atoms with Crippen molar-refractivity contribution in [2.75, 3.05) is 26.4 Å². The molecule has 0 fully saturated rings. The van der Waals surface area contributed by atoms with Crippen molar-refractivity contribution in [3.05, 3.63) is 23.8 Å².